The van der Waals surface area contributed by atoms with E-state index in [1.807, 2.05) is 55.6 Å². The number of amides is 1. The number of fused-ring (bicyclic) bond motifs is 2. The van der Waals surface area contributed by atoms with Gasteiger partial charge >= 0.3 is 0 Å². The van der Waals surface area contributed by atoms with Crippen LogP contribution in [0.1, 0.15) is 36.5 Å². The highest BCUT2D eigenvalue weighted by Crippen LogP contribution is 2.36. The van der Waals surface area contributed by atoms with Gasteiger partial charge in [-0.15, -0.1) is 0 Å². The third-order valence-electron chi connectivity index (χ3n) is 7.08. The summed E-state index contributed by atoms with van der Waals surface area (Å²) in [7, 11) is 1.89. The van der Waals surface area contributed by atoms with E-state index in [2.05, 4.69) is 5.32 Å². The molecule has 1 heterocycles. The van der Waals surface area contributed by atoms with Crippen molar-refractivity contribution in [3.8, 4) is 0 Å². The molecule has 1 amide bonds. The monoisotopic (exact) mass is 627 g/mol. The minimum atomic E-state index is -0.137. The number of ketones is 1. The number of hydrazine groups is 1. The van der Waals surface area contributed by atoms with E-state index >= 15 is 0 Å². The van der Waals surface area contributed by atoms with Crippen molar-refractivity contribution >= 4 is 28.8 Å². The highest BCUT2D eigenvalue weighted by Gasteiger charge is 2.27. The van der Waals surface area contributed by atoms with Crippen LogP contribution in [-0.4, -0.2) is 103 Å². The molecule has 0 aromatic heterocycles. The highest BCUT2D eigenvalue weighted by molar-refractivity contribution is 6.01. The van der Waals surface area contributed by atoms with Crippen LogP contribution in [-0.2, 0) is 39.8 Å². The SMILES string of the molecule is CNCCOCCOCCOCCOCCOCCN(N)/C1=C(\N)c2ccccc2N(C(=O)CCC(C)=O)Cc2ccccc21. The number of benzene rings is 2. The molecule has 0 aliphatic carbocycles. The van der Waals surface area contributed by atoms with E-state index in [-0.39, 0.29) is 24.5 Å². The number of nitrogens with one attached hydrogen (secondary N) is 1. The van der Waals surface area contributed by atoms with Crippen LogP contribution in [0, 0.1) is 0 Å². The number of nitrogens with two attached hydrogens (primary N) is 2. The molecular formula is C33H49N5O7. The number of hydrogen-bond acceptors (Lipinski definition) is 11. The van der Waals surface area contributed by atoms with Crippen molar-refractivity contribution in [3.05, 3.63) is 65.2 Å². The molecule has 2 aromatic rings. The van der Waals surface area contributed by atoms with Gasteiger partial charge in [-0.2, -0.15) is 0 Å². The van der Waals surface area contributed by atoms with E-state index < -0.39 is 0 Å². The topological polar surface area (TPSA) is 151 Å². The third kappa shape index (κ3) is 12.2. The highest BCUT2D eigenvalue weighted by atomic mass is 16.6. The molecule has 0 unspecified atom stereocenters. The van der Waals surface area contributed by atoms with E-state index in [1.54, 1.807) is 9.91 Å². The number of carbonyl (C=O) groups excluding carboxylic acids is 2. The number of rotatable bonds is 22. The predicted octanol–water partition coefficient (Wildman–Crippen LogP) is 2.17. The first kappa shape index (κ1) is 36.1. The van der Waals surface area contributed by atoms with Gasteiger partial charge < -0.3 is 49.4 Å². The van der Waals surface area contributed by atoms with Gasteiger partial charge in [0.05, 0.1) is 96.2 Å². The molecule has 0 fully saturated rings. The molecule has 12 heteroatoms. The molecule has 248 valence electrons. The molecule has 3 rings (SSSR count). The summed E-state index contributed by atoms with van der Waals surface area (Å²) in [5, 5.41) is 4.62. The summed E-state index contributed by atoms with van der Waals surface area (Å²) in [6, 6.07) is 15.2. The fraction of sp³-hybridized carbons (Fsp3) is 0.515. The molecule has 0 bridgehead atoms. The van der Waals surface area contributed by atoms with Gasteiger partial charge in [-0.3, -0.25) is 4.79 Å². The zero-order chi connectivity index (χ0) is 32.3. The van der Waals surface area contributed by atoms with E-state index in [9.17, 15) is 9.59 Å². The van der Waals surface area contributed by atoms with Crippen molar-refractivity contribution in [1.29, 1.82) is 0 Å². The average Bonchev–Trinajstić information content (AvgIpc) is 3.04. The maximum atomic E-state index is 13.3. The van der Waals surface area contributed by atoms with E-state index in [4.69, 9.17) is 35.3 Å². The number of carbonyl (C=O) groups is 2. The number of likely N-dealkylation sites (N-methyl/N-ethyl adjacent to an activating group) is 1. The van der Waals surface area contributed by atoms with Crippen molar-refractivity contribution in [2.45, 2.75) is 26.3 Å². The number of Topliss-reactive ketones (excluding diaryl/α,β-unsaturated/α-hetero) is 1. The minimum Gasteiger partial charge on any atom is -0.396 e. The fourth-order valence-corrected chi connectivity index (χ4v) is 4.73. The Morgan fingerprint density at radius 1 is 0.778 bits per heavy atom. The number of para-hydroxylation sites is 1. The second-order valence-corrected chi connectivity index (χ2v) is 10.5. The summed E-state index contributed by atoms with van der Waals surface area (Å²) in [6.45, 7) is 8.00. The first-order valence-corrected chi connectivity index (χ1v) is 15.5. The molecule has 0 saturated heterocycles. The molecule has 5 N–H and O–H groups in total. The molecule has 45 heavy (non-hydrogen) atoms. The van der Waals surface area contributed by atoms with Crippen LogP contribution in [0.3, 0.4) is 0 Å². The van der Waals surface area contributed by atoms with Crippen molar-refractivity contribution in [1.82, 2.24) is 10.3 Å². The molecule has 12 nitrogen and oxygen atoms in total. The van der Waals surface area contributed by atoms with Crippen LogP contribution in [0.4, 0.5) is 5.69 Å². The Kier molecular flexibility index (Phi) is 16.6. The first-order chi connectivity index (χ1) is 21.9. The van der Waals surface area contributed by atoms with Gasteiger partial charge in [0, 0.05) is 30.5 Å². The quantitative estimate of drug-likeness (QED) is 0.100. The number of anilines is 1. The zero-order valence-corrected chi connectivity index (χ0v) is 26.6. The summed E-state index contributed by atoms with van der Waals surface area (Å²) in [6.07, 6.45) is 0.317. The van der Waals surface area contributed by atoms with Crippen LogP contribution in [0.15, 0.2) is 48.5 Å². The van der Waals surface area contributed by atoms with Gasteiger partial charge in [0.15, 0.2) is 0 Å². The van der Waals surface area contributed by atoms with Gasteiger partial charge in [0.1, 0.15) is 5.78 Å². The molecule has 1 aliphatic heterocycles. The Labute approximate surface area is 266 Å². The molecule has 0 spiro atoms. The van der Waals surface area contributed by atoms with Crippen LogP contribution in [0.25, 0.3) is 11.4 Å². The van der Waals surface area contributed by atoms with Crippen LogP contribution >= 0.6 is 0 Å². The van der Waals surface area contributed by atoms with Crippen LogP contribution < -0.4 is 21.8 Å². The molecule has 1 aliphatic rings. The minimum absolute atomic E-state index is 0.0256. The Bertz CT molecular complexity index is 1230. The van der Waals surface area contributed by atoms with Gasteiger partial charge in [0.2, 0.25) is 5.91 Å². The van der Waals surface area contributed by atoms with Crippen molar-refractivity contribution in [3.63, 3.8) is 0 Å². The molecule has 0 saturated carbocycles. The number of ether oxygens (including phenoxy) is 5. The summed E-state index contributed by atoms with van der Waals surface area (Å²) in [4.78, 5) is 26.6. The maximum Gasteiger partial charge on any atom is 0.227 e. The maximum absolute atomic E-state index is 13.3. The van der Waals surface area contributed by atoms with Crippen LogP contribution in [0.2, 0.25) is 0 Å². The zero-order valence-electron chi connectivity index (χ0n) is 26.6. The lowest BCUT2D eigenvalue weighted by Crippen LogP contribution is -2.37. The standard InChI is InChI=1S/C33H49N5O7/c1-26(39)11-12-31(40)37-25-27-7-3-4-8-28(27)33(32(34)29-9-5-6-10-30(29)37)38(35)14-16-42-18-20-44-22-24-45-23-21-43-19-17-41-15-13-36-2/h3-10,36H,11-25,34-35H2,1-2H3/b33-32-. The lowest BCUT2D eigenvalue weighted by molar-refractivity contribution is -0.123. The molecule has 0 radical (unpaired) electrons. The first-order valence-electron chi connectivity index (χ1n) is 15.5. The summed E-state index contributed by atoms with van der Waals surface area (Å²) in [5.41, 5.74) is 11.0. The smallest absolute Gasteiger partial charge is 0.227 e. The Balaban J connectivity index is 1.46. The van der Waals surface area contributed by atoms with E-state index in [0.29, 0.717) is 102 Å². The summed E-state index contributed by atoms with van der Waals surface area (Å²) < 4.78 is 27.7. The van der Waals surface area contributed by atoms with Crippen molar-refractivity contribution in [2.75, 3.05) is 91.1 Å². The number of nitrogens with zero attached hydrogens (tertiary/aromatic N) is 2. The van der Waals surface area contributed by atoms with Crippen molar-refractivity contribution in [2.24, 2.45) is 11.6 Å². The lowest BCUT2D eigenvalue weighted by Gasteiger charge is -2.33. The van der Waals surface area contributed by atoms with E-state index in [0.717, 1.165) is 17.7 Å². The van der Waals surface area contributed by atoms with Gasteiger partial charge in [0.25, 0.3) is 0 Å². The molecular weight excluding hydrogens is 578 g/mol. The Hall–Kier alpha value is -3.36. The lowest BCUT2D eigenvalue weighted by atomic mass is 9.95. The average molecular weight is 628 g/mol. The van der Waals surface area contributed by atoms with Crippen LogP contribution in [0.5, 0.6) is 0 Å². The molecule has 0 atom stereocenters. The second kappa shape index (κ2) is 20.6. The fourth-order valence-electron chi connectivity index (χ4n) is 4.73. The Morgan fingerprint density at radius 2 is 1.31 bits per heavy atom. The number of hydrogen-bond donors (Lipinski definition) is 3. The van der Waals surface area contributed by atoms with Gasteiger partial charge in [-0.1, -0.05) is 42.5 Å². The Morgan fingerprint density at radius 3 is 1.91 bits per heavy atom. The summed E-state index contributed by atoms with van der Waals surface area (Å²) >= 11 is 0. The normalized spacial score (nSPS) is 14.4. The third-order valence-corrected chi connectivity index (χ3v) is 7.08. The van der Waals surface area contributed by atoms with Crippen molar-refractivity contribution < 1.29 is 33.3 Å². The largest absolute Gasteiger partial charge is 0.396 e. The van der Waals surface area contributed by atoms with Gasteiger partial charge in [-0.05, 0) is 25.6 Å². The molecule has 2 aromatic carbocycles. The predicted molar refractivity (Wildman–Crippen MR) is 174 cm³/mol. The summed E-state index contributed by atoms with van der Waals surface area (Å²) in [5.74, 6) is 6.44. The van der Waals surface area contributed by atoms with Gasteiger partial charge in [-0.25, -0.2) is 5.84 Å². The van der Waals surface area contributed by atoms with E-state index in [1.165, 1.54) is 6.92 Å². The second-order valence-electron chi connectivity index (χ2n) is 10.5.